The Balaban J connectivity index is 1.41. The van der Waals surface area contributed by atoms with Crippen molar-refractivity contribution in [3.8, 4) is 16.5 Å². The van der Waals surface area contributed by atoms with E-state index in [2.05, 4.69) is 16.4 Å². The first-order valence-electron chi connectivity index (χ1n) is 10.7. The number of β-amino-alcohol motifs (C(OH)–C–C–N with tert-alkyl or cyclic N) is 1. The van der Waals surface area contributed by atoms with Gasteiger partial charge in [0.15, 0.2) is 0 Å². The fraction of sp³-hybridized carbons (Fsp3) is 0.280. The lowest BCUT2D eigenvalue weighted by Crippen LogP contribution is -2.45. The summed E-state index contributed by atoms with van der Waals surface area (Å²) in [6.07, 6.45) is -0.359. The Labute approximate surface area is 196 Å². The van der Waals surface area contributed by atoms with Gasteiger partial charge in [-0.15, -0.1) is 11.3 Å². The molecule has 1 saturated heterocycles. The Kier molecular flexibility index (Phi) is 6.82. The average Bonchev–Trinajstić information content (AvgIpc) is 3.43. The smallest absolute Gasteiger partial charge is 0.254 e. The topological polar surface area (TPSA) is 106 Å². The number of aryl methyl sites for hydroxylation is 1. The highest BCUT2D eigenvalue weighted by atomic mass is 32.1. The highest BCUT2D eigenvalue weighted by Gasteiger charge is 2.39. The fourth-order valence-corrected chi connectivity index (χ4v) is 4.83. The van der Waals surface area contributed by atoms with Crippen LogP contribution in [-0.2, 0) is 17.8 Å². The van der Waals surface area contributed by atoms with Crippen molar-refractivity contribution in [2.45, 2.75) is 38.5 Å². The third-order valence-electron chi connectivity index (χ3n) is 5.73. The van der Waals surface area contributed by atoms with E-state index in [1.54, 1.807) is 35.6 Å². The van der Waals surface area contributed by atoms with E-state index in [1.807, 2.05) is 36.7 Å². The van der Waals surface area contributed by atoms with Crippen LogP contribution in [0, 0.1) is 18.3 Å². The number of nitriles is 1. The number of carbonyl (C=O) groups excluding carboxylic acids is 2. The van der Waals surface area contributed by atoms with Gasteiger partial charge in [0.05, 0.1) is 34.7 Å². The largest absolute Gasteiger partial charge is 0.391 e. The van der Waals surface area contributed by atoms with Crippen molar-refractivity contribution >= 4 is 23.2 Å². The lowest BCUT2D eigenvalue weighted by molar-refractivity contribution is -0.125. The molecule has 0 saturated carbocycles. The molecule has 3 aromatic rings. The number of aliphatic hydroxyl groups excluding tert-OH is 1. The molecule has 0 bridgehead atoms. The maximum atomic E-state index is 13.1. The summed E-state index contributed by atoms with van der Waals surface area (Å²) in [6, 6.07) is 16.1. The van der Waals surface area contributed by atoms with Gasteiger partial charge in [-0.25, -0.2) is 4.98 Å². The first-order valence-corrected chi connectivity index (χ1v) is 11.6. The number of rotatable bonds is 6. The maximum Gasteiger partial charge on any atom is 0.254 e. The SMILES string of the molecule is Cc1ncsc1-c1ccc(CNC(=O)C2CC(O)CN2C(=O)c2cccc(CC#N)c2)cc1. The van der Waals surface area contributed by atoms with Crippen molar-refractivity contribution in [1.29, 1.82) is 5.26 Å². The summed E-state index contributed by atoms with van der Waals surface area (Å²) in [5.41, 5.74) is 5.98. The van der Waals surface area contributed by atoms with Crippen molar-refractivity contribution in [2.24, 2.45) is 0 Å². The molecule has 0 radical (unpaired) electrons. The number of hydrogen-bond donors (Lipinski definition) is 2. The molecule has 1 aliphatic rings. The van der Waals surface area contributed by atoms with Crippen molar-refractivity contribution < 1.29 is 14.7 Å². The summed E-state index contributed by atoms with van der Waals surface area (Å²) in [4.78, 5) is 32.8. The molecule has 8 heteroatoms. The zero-order chi connectivity index (χ0) is 23.4. The number of aromatic nitrogens is 1. The van der Waals surface area contributed by atoms with E-state index < -0.39 is 12.1 Å². The molecule has 2 aromatic carbocycles. The molecule has 2 atom stereocenters. The van der Waals surface area contributed by atoms with Gasteiger partial charge in [0.25, 0.3) is 5.91 Å². The molecule has 33 heavy (non-hydrogen) atoms. The van der Waals surface area contributed by atoms with Gasteiger partial charge in [0, 0.05) is 25.1 Å². The molecule has 2 N–H and O–H groups in total. The average molecular weight is 461 g/mol. The van der Waals surface area contributed by atoms with Crippen LogP contribution in [0.3, 0.4) is 0 Å². The lowest BCUT2D eigenvalue weighted by atomic mass is 10.1. The molecule has 4 rings (SSSR count). The molecule has 7 nitrogen and oxygen atoms in total. The predicted octanol–water partition coefficient (Wildman–Crippen LogP) is 3.08. The number of thiazole rings is 1. The Morgan fingerprint density at radius 2 is 2.03 bits per heavy atom. The van der Waals surface area contributed by atoms with Crippen LogP contribution in [-0.4, -0.2) is 45.5 Å². The normalized spacial score (nSPS) is 17.5. The Morgan fingerprint density at radius 3 is 2.73 bits per heavy atom. The van der Waals surface area contributed by atoms with Gasteiger partial charge >= 0.3 is 0 Å². The number of benzene rings is 2. The minimum absolute atomic E-state index is 0.0995. The molecular weight excluding hydrogens is 436 g/mol. The zero-order valence-electron chi connectivity index (χ0n) is 18.2. The van der Waals surface area contributed by atoms with Crippen LogP contribution in [0.2, 0.25) is 0 Å². The van der Waals surface area contributed by atoms with Gasteiger partial charge in [0.2, 0.25) is 5.91 Å². The molecule has 2 amide bonds. The van der Waals surface area contributed by atoms with Gasteiger partial charge in [-0.3, -0.25) is 9.59 Å². The third-order valence-corrected chi connectivity index (χ3v) is 6.71. The summed E-state index contributed by atoms with van der Waals surface area (Å²) < 4.78 is 0. The Bertz CT molecular complexity index is 1200. The Morgan fingerprint density at radius 1 is 1.24 bits per heavy atom. The third kappa shape index (κ3) is 5.11. The molecule has 0 aliphatic carbocycles. The standard InChI is InChI=1S/C25H24N4O3S/c1-16-23(33-15-28-16)19-7-5-18(6-8-19)13-27-24(31)22-12-21(30)14-29(22)25(32)20-4-2-3-17(11-20)9-10-26/h2-8,11,15,21-22,30H,9,12-14H2,1H3,(H,27,31). The quantitative estimate of drug-likeness (QED) is 0.588. The number of aliphatic hydroxyl groups is 1. The number of nitrogens with one attached hydrogen (secondary N) is 1. The van der Waals surface area contributed by atoms with E-state index in [-0.39, 0.29) is 31.2 Å². The van der Waals surface area contributed by atoms with Crippen LogP contribution in [0.15, 0.2) is 54.0 Å². The molecule has 1 fully saturated rings. The number of amides is 2. The van der Waals surface area contributed by atoms with E-state index in [9.17, 15) is 14.7 Å². The summed E-state index contributed by atoms with van der Waals surface area (Å²) in [6.45, 7) is 2.40. The van der Waals surface area contributed by atoms with Crippen LogP contribution < -0.4 is 5.32 Å². The van der Waals surface area contributed by atoms with Crippen molar-refractivity contribution in [1.82, 2.24) is 15.2 Å². The molecular formula is C25H24N4O3S. The Hall–Kier alpha value is -3.54. The maximum absolute atomic E-state index is 13.1. The minimum Gasteiger partial charge on any atom is -0.391 e. The van der Waals surface area contributed by atoms with Crippen molar-refractivity contribution in [3.63, 3.8) is 0 Å². The molecule has 2 heterocycles. The van der Waals surface area contributed by atoms with Gasteiger partial charge in [-0.1, -0.05) is 36.4 Å². The van der Waals surface area contributed by atoms with Crippen LogP contribution in [0.5, 0.6) is 0 Å². The first kappa shape index (κ1) is 22.6. The van der Waals surface area contributed by atoms with Crippen LogP contribution >= 0.6 is 11.3 Å². The molecule has 0 spiro atoms. The van der Waals surface area contributed by atoms with Gasteiger partial charge < -0.3 is 15.3 Å². The summed E-state index contributed by atoms with van der Waals surface area (Å²) in [7, 11) is 0. The number of likely N-dealkylation sites (tertiary alicyclic amines) is 1. The van der Waals surface area contributed by atoms with E-state index in [4.69, 9.17) is 5.26 Å². The highest BCUT2D eigenvalue weighted by molar-refractivity contribution is 7.13. The fourth-order valence-electron chi connectivity index (χ4n) is 4.02. The molecule has 168 valence electrons. The van der Waals surface area contributed by atoms with Gasteiger partial charge in [-0.05, 0) is 35.7 Å². The minimum atomic E-state index is -0.756. The predicted molar refractivity (Wildman–Crippen MR) is 125 cm³/mol. The summed E-state index contributed by atoms with van der Waals surface area (Å²) in [5, 5.41) is 22.0. The monoisotopic (exact) mass is 460 g/mol. The van der Waals surface area contributed by atoms with E-state index >= 15 is 0 Å². The van der Waals surface area contributed by atoms with Crippen molar-refractivity contribution in [3.05, 3.63) is 76.4 Å². The van der Waals surface area contributed by atoms with E-state index in [1.165, 1.54) is 4.90 Å². The lowest BCUT2D eigenvalue weighted by Gasteiger charge is -2.24. The van der Waals surface area contributed by atoms with Crippen LogP contribution in [0.25, 0.3) is 10.4 Å². The second-order valence-electron chi connectivity index (χ2n) is 8.08. The highest BCUT2D eigenvalue weighted by Crippen LogP contribution is 2.27. The van der Waals surface area contributed by atoms with Crippen LogP contribution in [0.1, 0.15) is 33.6 Å². The van der Waals surface area contributed by atoms with Gasteiger partial charge in [0.1, 0.15) is 6.04 Å². The van der Waals surface area contributed by atoms with E-state index in [0.717, 1.165) is 27.3 Å². The molecule has 1 aliphatic heterocycles. The van der Waals surface area contributed by atoms with Gasteiger partial charge in [-0.2, -0.15) is 5.26 Å². The first-order chi connectivity index (χ1) is 16.0. The second-order valence-corrected chi connectivity index (χ2v) is 8.93. The second kappa shape index (κ2) is 9.94. The number of hydrogen-bond acceptors (Lipinski definition) is 6. The molecule has 1 aromatic heterocycles. The number of nitrogens with zero attached hydrogens (tertiary/aromatic N) is 3. The zero-order valence-corrected chi connectivity index (χ0v) is 19.0. The summed E-state index contributed by atoms with van der Waals surface area (Å²) in [5.74, 6) is -0.619. The van der Waals surface area contributed by atoms with Crippen molar-refractivity contribution in [2.75, 3.05) is 6.54 Å². The summed E-state index contributed by atoms with van der Waals surface area (Å²) >= 11 is 1.59. The number of carbonyl (C=O) groups is 2. The molecule has 2 unspecified atom stereocenters. The van der Waals surface area contributed by atoms with E-state index in [0.29, 0.717) is 12.1 Å². The van der Waals surface area contributed by atoms with Crippen LogP contribution in [0.4, 0.5) is 0 Å².